The molecule has 96 valence electrons. The normalized spacial score (nSPS) is 21.8. The topological polar surface area (TPSA) is 67.4 Å². The Morgan fingerprint density at radius 1 is 1.50 bits per heavy atom. The second kappa shape index (κ2) is 6.54. The van der Waals surface area contributed by atoms with E-state index >= 15 is 0 Å². The van der Waals surface area contributed by atoms with Gasteiger partial charge in [0.05, 0.1) is 11.9 Å². The van der Waals surface area contributed by atoms with Crippen molar-refractivity contribution in [3.05, 3.63) is 0 Å². The molecule has 0 radical (unpaired) electrons. The molecule has 16 heavy (non-hydrogen) atoms. The molecule has 1 fully saturated rings. The predicted molar refractivity (Wildman–Crippen MR) is 63.9 cm³/mol. The van der Waals surface area contributed by atoms with Crippen LogP contribution in [0.25, 0.3) is 0 Å². The Labute approximate surface area is 98.0 Å². The van der Waals surface area contributed by atoms with E-state index in [-0.39, 0.29) is 5.25 Å². The molecule has 1 heterocycles. The van der Waals surface area contributed by atoms with Crippen molar-refractivity contribution >= 4 is 10.0 Å². The summed E-state index contributed by atoms with van der Waals surface area (Å²) in [7, 11) is -3.15. The van der Waals surface area contributed by atoms with Gasteiger partial charge in [0.15, 0.2) is 0 Å². The largest absolute Gasteiger partial charge is 0.380 e. The van der Waals surface area contributed by atoms with E-state index in [1.807, 2.05) is 0 Å². The van der Waals surface area contributed by atoms with E-state index < -0.39 is 10.0 Å². The fraction of sp³-hybridized carbons (Fsp3) is 1.00. The van der Waals surface area contributed by atoms with Crippen molar-refractivity contribution in [1.29, 1.82) is 0 Å². The molecule has 0 amide bonds. The minimum absolute atomic E-state index is 0.280. The zero-order valence-corrected chi connectivity index (χ0v) is 10.8. The molecule has 0 bridgehead atoms. The average Bonchev–Trinajstić information content (AvgIpc) is 2.69. The molecule has 0 aromatic rings. The minimum Gasteiger partial charge on any atom is -0.380 e. The summed E-state index contributed by atoms with van der Waals surface area (Å²) in [6, 6.07) is 0. The van der Waals surface area contributed by atoms with Gasteiger partial charge in [-0.15, -0.1) is 0 Å². The third-order valence-corrected chi connectivity index (χ3v) is 4.34. The minimum atomic E-state index is -3.15. The van der Waals surface area contributed by atoms with Crippen LogP contribution in [0.15, 0.2) is 0 Å². The van der Waals surface area contributed by atoms with Crippen LogP contribution >= 0.6 is 0 Å². The third-order valence-electron chi connectivity index (χ3n) is 2.45. The highest BCUT2D eigenvalue weighted by atomic mass is 32.2. The molecule has 0 aliphatic carbocycles. The maximum absolute atomic E-state index is 11.7. The molecular weight excluding hydrogens is 228 g/mol. The van der Waals surface area contributed by atoms with E-state index in [9.17, 15) is 8.42 Å². The number of nitrogens with one attached hydrogen (secondary N) is 2. The zero-order chi connectivity index (χ0) is 12.0. The highest BCUT2D eigenvalue weighted by molar-refractivity contribution is 7.90. The van der Waals surface area contributed by atoms with Crippen molar-refractivity contribution in [3.8, 4) is 0 Å². The first-order valence-electron chi connectivity index (χ1n) is 5.79. The van der Waals surface area contributed by atoms with Gasteiger partial charge in [-0.1, -0.05) is 13.8 Å². The molecule has 1 unspecified atom stereocenters. The van der Waals surface area contributed by atoms with Crippen molar-refractivity contribution in [3.63, 3.8) is 0 Å². The first-order chi connectivity index (χ1) is 7.52. The first kappa shape index (κ1) is 13.9. The Kier molecular flexibility index (Phi) is 5.68. The second-order valence-electron chi connectivity index (χ2n) is 4.52. The Bertz CT molecular complexity index is 284. The molecule has 1 aliphatic rings. The SMILES string of the molecule is CC(C)COCCNS(=O)(=O)C1CCNC1. The fourth-order valence-corrected chi connectivity index (χ4v) is 2.95. The predicted octanol–water partition coefficient (Wildman–Crippen LogP) is -0.0597. The summed E-state index contributed by atoms with van der Waals surface area (Å²) < 4.78 is 31.3. The van der Waals surface area contributed by atoms with Gasteiger partial charge in [0.1, 0.15) is 0 Å². The molecule has 0 spiro atoms. The van der Waals surface area contributed by atoms with Crippen molar-refractivity contribution in [2.24, 2.45) is 5.92 Å². The molecule has 1 rings (SSSR count). The summed E-state index contributed by atoms with van der Waals surface area (Å²) in [5.41, 5.74) is 0. The van der Waals surface area contributed by atoms with E-state index in [4.69, 9.17) is 4.74 Å². The van der Waals surface area contributed by atoms with Gasteiger partial charge in [-0.2, -0.15) is 0 Å². The number of sulfonamides is 1. The summed E-state index contributed by atoms with van der Waals surface area (Å²) in [5, 5.41) is 2.76. The van der Waals surface area contributed by atoms with Crippen molar-refractivity contribution in [1.82, 2.24) is 10.0 Å². The van der Waals surface area contributed by atoms with Gasteiger partial charge < -0.3 is 10.1 Å². The summed E-state index contributed by atoms with van der Waals surface area (Å²) in [5.74, 6) is 0.482. The molecule has 6 heteroatoms. The molecule has 0 aromatic heterocycles. The van der Waals surface area contributed by atoms with Gasteiger partial charge in [0.2, 0.25) is 10.0 Å². The summed E-state index contributed by atoms with van der Waals surface area (Å²) >= 11 is 0. The number of hydrogen-bond donors (Lipinski definition) is 2. The van der Waals surface area contributed by atoms with Crippen molar-refractivity contribution in [2.75, 3.05) is 32.8 Å². The number of ether oxygens (including phenoxy) is 1. The summed E-state index contributed by atoms with van der Waals surface area (Å²) in [6.45, 7) is 6.95. The lowest BCUT2D eigenvalue weighted by Gasteiger charge is -2.12. The zero-order valence-electron chi connectivity index (χ0n) is 10.0. The highest BCUT2D eigenvalue weighted by Crippen LogP contribution is 2.07. The van der Waals surface area contributed by atoms with Crippen LogP contribution < -0.4 is 10.0 Å². The van der Waals surface area contributed by atoms with Crippen molar-refractivity contribution < 1.29 is 13.2 Å². The molecule has 2 N–H and O–H groups in total. The molecule has 0 saturated carbocycles. The maximum atomic E-state index is 11.7. The monoisotopic (exact) mass is 250 g/mol. The fourth-order valence-electron chi connectivity index (χ4n) is 1.59. The molecular formula is C10H22N2O3S. The standard InChI is InChI=1S/C10H22N2O3S/c1-9(2)8-15-6-5-12-16(13,14)10-3-4-11-7-10/h9-12H,3-8H2,1-2H3. The van der Waals surface area contributed by atoms with E-state index in [1.54, 1.807) is 0 Å². The number of rotatable bonds is 7. The Hall–Kier alpha value is -0.170. The van der Waals surface area contributed by atoms with Gasteiger partial charge >= 0.3 is 0 Å². The summed E-state index contributed by atoms with van der Waals surface area (Å²) in [4.78, 5) is 0. The summed E-state index contributed by atoms with van der Waals surface area (Å²) in [6.07, 6.45) is 0.697. The van der Waals surface area contributed by atoms with E-state index in [1.165, 1.54) is 0 Å². The van der Waals surface area contributed by atoms with E-state index in [0.717, 1.165) is 6.54 Å². The smallest absolute Gasteiger partial charge is 0.215 e. The second-order valence-corrected chi connectivity index (χ2v) is 6.57. The van der Waals surface area contributed by atoms with E-state index in [2.05, 4.69) is 23.9 Å². The van der Waals surface area contributed by atoms with Gasteiger partial charge in [0, 0.05) is 19.7 Å². The first-order valence-corrected chi connectivity index (χ1v) is 7.34. The third kappa shape index (κ3) is 4.78. The average molecular weight is 250 g/mol. The Balaban J connectivity index is 2.16. The lowest BCUT2D eigenvalue weighted by molar-refractivity contribution is 0.114. The van der Waals surface area contributed by atoms with Crippen LogP contribution in [-0.2, 0) is 14.8 Å². The Morgan fingerprint density at radius 3 is 2.81 bits per heavy atom. The van der Waals surface area contributed by atoms with Crippen LogP contribution in [0.5, 0.6) is 0 Å². The van der Waals surface area contributed by atoms with Gasteiger partial charge in [-0.05, 0) is 18.9 Å². The Morgan fingerprint density at radius 2 is 2.25 bits per heavy atom. The van der Waals surface area contributed by atoms with Gasteiger partial charge in [0.25, 0.3) is 0 Å². The van der Waals surface area contributed by atoms with Crippen LogP contribution in [0.1, 0.15) is 20.3 Å². The molecule has 1 aliphatic heterocycles. The lowest BCUT2D eigenvalue weighted by Crippen LogP contribution is -2.37. The van der Waals surface area contributed by atoms with Crippen LogP contribution in [0.3, 0.4) is 0 Å². The quantitative estimate of drug-likeness (QED) is 0.621. The van der Waals surface area contributed by atoms with Gasteiger partial charge in [-0.3, -0.25) is 0 Å². The van der Waals surface area contributed by atoms with Crippen molar-refractivity contribution in [2.45, 2.75) is 25.5 Å². The van der Waals surface area contributed by atoms with Crippen LogP contribution in [0.2, 0.25) is 0 Å². The van der Waals surface area contributed by atoms with Crippen LogP contribution in [-0.4, -0.2) is 46.5 Å². The van der Waals surface area contributed by atoms with Gasteiger partial charge in [-0.25, -0.2) is 13.1 Å². The van der Waals surface area contributed by atoms with E-state index in [0.29, 0.717) is 38.6 Å². The molecule has 5 nitrogen and oxygen atoms in total. The molecule has 1 saturated heterocycles. The number of hydrogen-bond acceptors (Lipinski definition) is 4. The van der Waals surface area contributed by atoms with Crippen LogP contribution in [0.4, 0.5) is 0 Å². The van der Waals surface area contributed by atoms with Crippen LogP contribution in [0, 0.1) is 5.92 Å². The maximum Gasteiger partial charge on any atom is 0.215 e. The molecule has 1 atom stereocenters. The highest BCUT2D eigenvalue weighted by Gasteiger charge is 2.27. The lowest BCUT2D eigenvalue weighted by atomic mass is 10.2. The molecule has 0 aromatic carbocycles.